The van der Waals surface area contributed by atoms with E-state index in [0.717, 1.165) is 12.1 Å². The van der Waals surface area contributed by atoms with Crippen LogP contribution in [0.1, 0.15) is 49.0 Å². The molecule has 1 aromatic heterocycles. The van der Waals surface area contributed by atoms with Crippen LogP contribution in [0.2, 0.25) is 0 Å². The summed E-state index contributed by atoms with van der Waals surface area (Å²) in [5.41, 5.74) is -3.01. The fourth-order valence-corrected chi connectivity index (χ4v) is 3.39. The number of rotatable bonds is 11. The largest absolute Gasteiger partial charge is 0.477 e. The van der Waals surface area contributed by atoms with Crippen LogP contribution in [0.3, 0.4) is 0 Å². The van der Waals surface area contributed by atoms with Crippen LogP contribution in [0.15, 0.2) is 54.2 Å². The zero-order valence-electron chi connectivity index (χ0n) is 21.0. The van der Waals surface area contributed by atoms with Crippen LogP contribution in [0.5, 0.6) is 5.75 Å². The van der Waals surface area contributed by atoms with Crippen LogP contribution >= 0.6 is 0 Å². The second kappa shape index (κ2) is 11.5. The number of pyridine rings is 1. The molecule has 2 unspecified atom stereocenters. The highest BCUT2D eigenvalue weighted by molar-refractivity contribution is 5.94. The van der Waals surface area contributed by atoms with Gasteiger partial charge < -0.3 is 15.4 Å². The van der Waals surface area contributed by atoms with Gasteiger partial charge in [-0.15, -0.1) is 6.58 Å². The molecule has 0 saturated heterocycles. The summed E-state index contributed by atoms with van der Waals surface area (Å²) in [7, 11) is 0. The predicted octanol–water partition coefficient (Wildman–Crippen LogP) is 5.39. The first-order valence-electron chi connectivity index (χ1n) is 11.8. The zero-order valence-corrected chi connectivity index (χ0v) is 21.0. The van der Waals surface area contributed by atoms with E-state index in [-0.39, 0.29) is 24.2 Å². The Balaban J connectivity index is 1.60. The summed E-state index contributed by atoms with van der Waals surface area (Å²) in [5.74, 6) is -5.88. The van der Waals surface area contributed by atoms with Gasteiger partial charge in [0.05, 0.1) is 11.6 Å². The summed E-state index contributed by atoms with van der Waals surface area (Å²) >= 11 is 0. The van der Waals surface area contributed by atoms with E-state index in [1.165, 1.54) is 44.5 Å². The number of aromatic nitrogens is 1. The molecule has 0 radical (unpaired) electrons. The second-order valence-corrected chi connectivity index (χ2v) is 9.39. The maximum Gasteiger partial charge on any atom is 0.420 e. The third kappa shape index (κ3) is 8.04. The molecule has 1 heterocycles. The van der Waals surface area contributed by atoms with E-state index in [2.05, 4.69) is 27.2 Å². The normalized spacial score (nSPS) is 17.4. The SMILES string of the molecule is C=CCC(CC=Nc1ccc(C(=O)NC2CC2(F)F)cn1)NC(=O)C(C)(C)Oc1ccc(F)cc1C(F)(F)F. The highest BCUT2D eigenvalue weighted by Crippen LogP contribution is 2.41. The summed E-state index contributed by atoms with van der Waals surface area (Å²) in [4.78, 5) is 33.0. The fourth-order valence-electron chi connectivity index (χ4n) is 3.39. The van der Waals surface area contributed by atoms with Crippen molar-refractivity contribution in [1.29, 1.82) is 0 Å². The highest BCUT2D eigenvalue weighted by atomic mass is 19.4. The van der Waals surface area contributed by atoms with Gasteiger partial charge in [-0.3, -0.25) is 9.59 Å². The number of amides is 2. The van der Waals surface area contributed by atoms with E-state index in [1.807, 2.05) is 0 Å². The van der Waals surface area contributed by atoms with Gasteiger partial charge in [0.15, 0.2) is 11.4 Å². The van der Waals surface area contributed by atoms with Crippen LogP contribution < -0.4 is 15.4 Å². The molecule has 3 rings (SSSR count). The van der Waals surface area contributed by atoms with Crippen LogP contribution in [0.25, 0.3) is 0 Å². The quantitative estimate of drug-likeness (QED) is 0.221. The molecule has 0 aliphatic heterocycles. The lowest BCUT2D eigenvalue weighted by molar-refractivity contribution is -0.143. The molecule has 2 N–H and O–H groups in total. The Bertz CT molecular complexity index is 1250. The number of nitrogens with zero attached hydrogens (tertiary/aromatic N) is 2. The predicted molar refractivity (Wildman–Crippen MR) is 131 cm³/mol. The summed E-state index contributed by atoms with van der Waals surface area (Å²) in [6.45, 7) is 6.18. The van der Waals surface area contributed by atoms with E-state index in [4.69, 9.17) is 4.74 Å². The number of ether oxygens (including phenoxy) is 1. The van der Waals surface area contributed by atoms with Crippen LogP contribution in [-0.2, 0) is 11.0 Å². The van der Waals surface area contributed by atoms with Gasteiger partial charge in [-0.2, -0.15) is 13.2 Å². The molecule has 1 saturated carbocycles. The van der Waals surface area contributed by atoms with E-state index >= 15 is 0 Å². The van der Waals surface area contributed by atoms with Crippen LogP contribution in [0, 0.1) is 5.82 Å². The molecule has 2 atom stereocenters. The molecule has 2 amide bonds. The third-order valence-electron chi connectivity index (χ3n) is 5.70. The molecule has 7 nitrogen and oxygen atoms in total. The van der Waals surface area contributed by atoms with E-state index in [1.54, 1.807) is 0 Å². The number of halogens is 6. The summed E-state index contributed by atoms with van der Waals surface area (Å²) in [6, 6.07) is 2.95. The van der Waals surface area contributed by atoms with E-state index in [0.29, 0.717) is 6.07 Å². The van der Waals surface area contributed by atoms with Gasteiger partial charge in [0, 0.05) is 31.3 Å². The molecule has 0 spiro atoms. The monoisotopic (exact) mass is 556 g/mol. The fraction of sp³-hybridized carbons (Fsp3) is 0.385. The molecule has 1 aliphatic carbocycles. The van der Waals surface area contributed by atoms with Gasteiger partial charge in [-0.05, 0) is 50.6 Å². The van der Waals surface area contributed by atoms with Crippen molar-refractivity contribution in [1.82, 2.24) is 15.6 Å². The molecule has 1 fully saturated rings. The summed E-state index contributed by atoms with van der Waals surface area (Å²) in [6.07, 6.45) is -0.666. The standard InChI is InChI=1S/C26H26F6N4O3/c1-4-5-17(10-11-33-21-9-6-15(14-34-21)22(37)36-20-13-25(20,28)29)35-23(38)24(2,3)39-19-8-7-16(27)12-18(19)26(30,31)32/h4,6-9,11-12,14,17,20H,1,5,10,13H2,2-3H3,(H,35,38)(H,36,37). The van der Waals surface area contributed by atoms with Crippen molar-refractivity contribution in [3.63, 3.8) is 0 Å². The van der Waals surface area contributed by atoms with Crippen molar-refractivity contribution in [3.8, 4) is 5.75 Å². The lowest BCUT2D eigenvalue weighted by atomic mass is 10.1. The lowest BCUT2D eigenvalue weighted by Gasteiger charge is -2.29. The van der Waals surface area contributed by atoms with Crippen molar-refractivity contribution in [2.24, 2.45) is 4.99 Å². The molecular weight excluding hydrogens is 530 g/mol. The van der Waals surface area contributed by atoms with Crippen LogP contribution in [0.4, 0.5) is 32.2 Å². The van der Waals surface area contributed by atoms with Gasteiger partial charge >= 0.3 is 6.18 Å². The Morgan fingerprint density at radius 3 is 2.49 bits per heavy atom. The minimum Gasteiger partial charge on any atom is -0.477 e. The maximum absolute atomic E-state index is 13.4. The van der Waals surface area contributed by atoms with Crippen LogP contribution in [-0.4, -0.2) is 46.6 Å². The number of hydrogen-bond acceptors (Lipinski definition) is 5. The van der Waals surface area contributed by atoms with Gasteiger partial charge in [-0.1, -0.05) is 6.08 Å². The van der Waals surface area contributed by atoms with Crippen molar-refractivity contribution in [3.05, 3.63) is 66.1 Å². The molecule has 13 heteroatoms. The maximum atomic E-state index is 13.4. The lowest BCUT2D eigenvalue weighted by Crippen LogP contribution is -2.50. The third-order valence-corrected chi connectivity index (χ3v) is 5.70. The second-order valence-electron chi connectivity index (χ2n) is 9.39. The van der Waals surface area contributed by atoms with Gasteiger partial charge in [0.25, 0.3) is 17.7 Å². The van der Waals surface area contributed by atoms with Crippen molar-refractivity contribution >= 4 is 23.8 Å². The molecule has 1 aromatic carbocycles. The topological polar surface area (TPSA) is 92.7 Å². The molecule has 0 bridgehead atoms. The zero-order chi connectivity index (χ0) is 29.0. The Morgan fingerprint density at radius 1 is 1.23 bits per heavy atom. The minimum atomic E-state index is -4.90. The number of carbonyl (C=O) groups excluding carboxylic acids is 2. The minimum absolute atomic E-state index is 0.0884. The van der Waals surface area contributed by atoms with Gasteiger partial charge in [0.1, 0.15) is 17.1 Å². The summed E-state index contributed by atoms with van der Waals surface area (Å²) < 4.78 is 84.6. The molecule has 2 aromatic rings. The van der Waals surface area contributed by atoms with E-state index < -0.39 is 65.1 Å². The number of aliphatic imine (C=N–C) groups is 1. The van der Waals surface area contributed by atoms with Crippen molar-refractivity contribution in [2.45, 2.75) is 62.9 Å². The average Bonchev–Trinajstić information content (AvgIpc) is 3.44. The Hall–Kier alpha value is -3.90. The Kier molecular flexibility index (Phi) is 8.71. The molecule has 39 heavy (non-hydrogen) atoms. The van der Waals surface area contributed by atoms with E-state index in [9.17, 15) is 35.9 Å². The average molecular weight is 557 g/mol. The number of hydrogen-bond donors (Lipinski definition) is 2. The number of carbonyl (C=O) groups is 2. The number of benzene rings is 1. The molecular formula is C26H26F6N4O3. The van der Waals surface area contributed by atoms with Gasteiger partial charge in [0.2, 0.25) is 0 Å². The smallest absolute Gasteiger partial charge is 0.420 e. The van der Waals surface area contributed by atoms with Crippen molar-refractivity contribution < 1.29 is 40.7 Å². The number of nitrogens with one attached hydrogen (secondary N) is 2. The Labute approximate surface area is 220 Å². The molecule has 1 aliphatic rings. The highest BCUT2D eigenvalue weighted by Gasteiger charge is 2.57. The first-order valence-corrected chi connectivity index (χ1v) is 11.8. The van der Waals surface area contributed by atoms with Gasteiger partial charge in [-0.25, -0.2) is 23.1 Å². The Morgan fingerprint density at radius 2 is 1.92 bits per heavy atom. The molecule has 210 valence electrons. The summed E-state index contributed by atoms with van der Waals surface area (Å²) in [5, 5.41) is 4.88. The first kappa shape index (κ1) is 29.7. The van der Waals surface area contributed by atoms with Crippen molar-refractivity contribution in [2.75, 3.05) is 0 Å². The number of alkyl halides is 5. The first-order chi connectivity index (χ1) is 18.1.